The zero-order chi connectivity index (χ0) is 14.6. The van der Waals surface area contributed by atoms with Gasteiger partial charge in [0.05, 0.1) is 13.4 Å². The highest BCUT2D eigenvalue weighted by Crippen LogP contribution is 2.27. The zero-order valence-electron chi connectivity index (χ0n) is 11.6. The molecule has 1 aliphatic carbocycles. The number of methoxy groups -OCH3 is 1. The molecule has 0 unspecified atom stereocenters. The molecular formula is C12H19N3O4S. The van der Waals surface area contributed by atoms with E-state index in [2.05, 4.69) is 14.7 Å². The highest BCUT2D eigenvalue weighted by Gasteiger charge is 2.25. The van der Waals surface area contributed by atoms with Crippen molar-refractivity contribution in [1.29, 1.82) is 0 Å². The molecule has 1 fully saturated rings. The molecule has 1 aromatic rings. The lowest BCUT2D eigenvalue weighted by Gasteiger charge is -2.28. The molecule has 0 saturated heterocycles. The Hall–Kier alpha value is -1.41. The summed E-state index contributed by atoms with van der Waals surface area (Å²) in [5.74, 6) is 0.749. The van der Waals surface area contributed by atoms with Gasteiger partial charge in [-0.05, 0) is 25.7 Å². The summed E-state index contributed by atoms with van der Waals surface area (Å²) >= 11 is 0. The van der Waals surface area contributed by atoms with Crippen LogP contribution in [0.25, 0.3) is 0 Å². The van der Waals surface area contributed by atoms with Gasteiger partial charge < -0.3 is 9.47 Å². The molecule has 0 radical (unpaired) electrons. The third-order valence-electron chi connectivity index (χ3n) is 3.16. The van der Waals surface area contributed by atoms with Gasteiger partial charge in [-0.15, -0.1) is 0 Å². The van der Waals surface area contributed by atoms with Gasteiger partial charge in [0.1, 0.15) is 6.10 Å². The van der Waals surface area contributed by atoms with Crippen LogP contribution in [0.15, 0.2) is 12.4 Å². The lowest BCUT2D eigenvalue weighted by atomic mass is 9.94. The second-order valence-electron chi connectivity index (χ2n) is 4.85. The van der Waals surface area contributed by atoms with Gasteiger partial charge in [0, 0.05) is 18.4 Å². The van der Waals surface area contributed by atoms with Crippen LogP contribution in [-0.4, -0.2) is 43.9 Å². The maximum absolute atomic E-state index is 11.2. The summed E-state index contributed by atoms with van der Waals surface area (Å²) in [6, 6.07) is -0.00592. The van der Waals surface area contributed by atoms with Crippen LogP contribution in [0.3, 0.4) is 0 Å². The fourth-order valence-corrected chi connectivity index (χ4v) is 3.13. The molecule has 1 N–H and O–H groups in total. The number of hydrogen-bond donors (Lipinski definition) is 1. The first-order valence-corrected chi connectivity index (χ1v) is 8.36. The fraction of sp³-hybridized carbons (Fsp3) is 0.667. The van der Waals surface area contributed by atoms with Gasteiger partial charge in [0.15, 0.2) is 0 Å². The standard InChI is InChI=1S/C12H19N3O4S/c1-18-11-12(14-8-7-13-11)19-10-5-3-9(4-6-10)15-20(2,16)17/h7-10,15H,3-6H2,1-2H3. The summed E-state index contributed by atoms with van der Waals surface area (Å²) in [6.45, 7) is 0. The molecule has 0 amide bonds. The third kappa shape index (κ3) is 4.31. The number of aromatic nitrogens is 2. The maximum atomic E-state index is 11.2. The van der Waals surface area contributed by atoms with E-state index in [1.165, 1.54) is 13.4 Å². The summed E-state index contributed by atoms with van der Waals surface area (Å²) in [6.07, 6.45) is 7.33. The molecule has 1 saturated carbocycles. The predicted molar refractivity (Wildman–Crippen MR) is 73.2 cm³/mol. The smallest absolute Gasteiger partial charge is 0.278 e. The maximum Gasteiger partial charge on any atom is 0.278 e. The van der Waals surface area contributed by atoms with Crippen molar-refractivity contribution in [2.45, 2.75) is 37.8 Å². The lowest BCUT2D eigenvalue weighted by Crippen LogP contribution is -2.39. The van der Waals surface area contributed by atoms with Crippen molar-refractivity contribution in [1.82, 2.24) is 14.7 Å². The SMILES string of the molecule is COc1nccnc1OC1CCC(NS(C)(=O)=O)CC1. The molecule has 20 heavy (non-hydrogen) atoms. The normalized spacial score (nSPS) is 23.3. The van der Waals surface area contributed by atoms with Crippen molar-refractivity contribution in [3.8, 4) is 11.8 Å². The molecule has 0 bridgehead atoms. The monoisotopic (exact) mass is 301 g/mol. The van der Waals surface area contributed by atoms with E-state index in [4.69, 9.17) is 9.47 Å². The Morgan fingerprint density at radius 1 is 1.15 bits per heavy atom. The molecule has 1 aromatic heterocycles. The second-order valence-corrected chi connectivity index (χ2v) is 6.63. The van der Waals surface area contributed by atoms with Crippen molar-refractivity contribution in [2.75, 3.05) is 13.4 Å². The minimum atomic E-state index is -3.14. The highest BCUT2D eigenvalue weighted by atomic mass is 32.2. The van der Waals surface area contributed by atoms with Gasteiger partial charge in [-0.1, -0.05) is 0 Å². The van der Waals surface area contributed by atoms with Crippen LogP contribution < -0.4 is 14.2 Å². The van der Waals surface area contributed by atoms with E-state index in [1.54, 1.807) is 12.4 Å². The van der Waals surface area contributed by atoms with Gasteiger partial charge >= 0.3 is 0 Å². The van der Waals surface area contributed by atoms with Gasteiger partial charge in [-0.3, -0.25) is 0 Å². The molecule has 1 aliphatic rings. The van der Waals surface area contributed by atoms with Gasteiger partial charge in [-0.2, -0.15) is 0 Å². The van der Waals surface area contributed by atoms with E-state index in [0.717, 1.165) is 25.7 Å². The third-order valence-corrected chi connectivity index (χ3v) is 3.92. The number of hydrogen-bond acceptors (Lipinski definition) is 6. The van der Waals surface area contributed by atoms with Crippen molar-refractivity contribution >= 4 is 10.0 Å². The quantitative estimate of drug-likeness (QED) is 0.862. The minimum Gasteiger partial charge on any atom is -0.477 e. The first kappa shape index (κ1) is 15.0. The van der Waals surface area contributed by atoms with E-state index >= 15 is 0 Å². The first-order valence-electron chi connectivity index (χ1n) is 6.47. The largest absolute Gasteiger partial charge is 0.477 e. The Labute approximate surface area is 118 Å². The molecule has 112 valence electrons. The average Bonchev–Trinajstić information content (AvgIpc) is 2.40. The molecule has 0 spiro atoms. The van der Waals surface area contributed by atoms with E-state index in [9.17, 15) is 8.42 Å². The number of nitrogens with one attached hydrogen (secondary N) is 1. The van der Waals surface area contributed by atoms with Crippen molar-refractivity contribution in [2.24, 2.45) is 0 Å². The van der Waals surface area contributed by atoms with E-state index < -0.39 is 10.0 Å². The molecule has 2 rings (SSSR count). The van der Waals surface area contributed by atoms with E-state index in [-0.39, 0.29) is 12.1 Å². The molecule has 0 atom stereocenters. The molecule has 0 aliphatic heterocycles. The summed E-state index contributed by atoms with van der Waals surface area (Å²) < 4.78 is 35.8. The first-order chi connectivity index (χ1) is 9.48. The van der Waals surface area contributed by atoms with Gasteiger partial charge in [-0.25, -0.2) is 23.1 Å². The molecular weight excluding hydrogens is 282 g/mol. The van der Waals surface area contributed by atoms with Crippen LogP contribution in [0.5, 0.6) is 11.8 Å². The fourth-order valence-electron chi connectivity index (χ4n) is 2.29. The Morgan fingerprint density at radius 2 is 1.75 bits per heavy atom. The van der Waals surface area contributed by atoms with Crippen molar-refractivity contribution < 1.29 is 17.9 Å². The summed E-state index contributed by atoms with van der Waals surface area (Å²) in [5, 5.41) is 0. The van der Waals surface area contributed by atoms with Crippen LogP contribution in [0.1, 0.15) is 25.7 Å². The van der Waals surface area contributed by atoms with Gasteiger partial charge in [0.2, 0.25) is 10.0 Å². The minimum absolute atomic E-state index is 0.00592. The summed E-state index contributed by atoms with van der Waals surface area (Å²) in [7, 11) is -1.63. The average molecular weight is 301 g/mol. The van der Waals surface area contributed by atoms with E-state index in [0.29, 0.717) is 11.8 Å². The molecule has 7 nitrogen and oxygen atoms in total. The molecule has 0 aromatic carbocycles. The van der Waals surface area contributed by atoms with Crippen LogP contribution in [0.4, 0.5) is 0 Å². The van der Waals surface area contributed by atoms with E-state index in [1.807, 2.05) is 0 Å². The Kier molecular flexibility index (Phi) is 4.77. The Morgan fingerprint density at radius 3 is 2.30 bits per heavy atom. The van der Waals surface area contributed by atoms with Crippen LogP contribution in [0.2, 0.25) is 0 Å². The predicted octanol–water partition coefficient (Wildman–Crippen LogP) is 0.724. The molecule has 1 heterocycles. The number of nitrogens with zero attached hydrogens (tertiary/aromatic N) is 2. The topological polar surface area (TPSA) is 90.4 Å². The summed E-state index contributed by atoms with van der Waals surface area (Å²) in [4.78, 5) is 8.13. The number of rotatable bonds is 5. The zero-order valence-corrected chi connectivity index (χ0v) is 12.4. The van der Waals surface area contributed by atoms with Crippen LogP contribution in [-0.2, 0) is 10.0 Å². The molecule has 8 heteroatoms. The Bertz CT molecular complexity index is 541. The van der Waals surface area contributed by atoms with Crippen LogP contribution >= 0.6 is 0 Å². The second kappa shape index (κ2) is 6.36. The number of ether oxygens (including phenoxy) is 2. The van der Waals surface area contributed by atoms with Crippen molar-refractivity contribution in [3.63, 3.8) is 0 Å². The summed E-state index contributed by atoms with van der Waals surface area (Å²) in [5.41, 5.74) is 0. The van der Waals surface area contributed by atoms with Crippen molar-refractivity contribution in [3.05, 3.63) is 12.4 Å². The number of sulfonamides is 1. The lowest BCUT2D eigenvalue weighted by molar-refractivity contribution is 0.132. The van der Waals surface area contributed by atoms with Gasteiger partial charge in [0.25, 0.3) is 11.8 Å². The highest BCUT2D eigenvalue weighted by molar-refractivity contribution is 7.88. The van der Waals surface area contributed by atoms with Crippen LogP contribution in [0, 0.1) is 0 Å². The Balaban J connectivity index is 1.88.